The molecule has 0 radical (unpaired) electrons. The Morgan fingerprint density at radius 3 is 2.83 bits per heavy atom. The van der Waals surface area contributed by atoms with Crippen molar-refractivity contribution in [1.29, 1.82) is 0 Å². The fourth-order valence-electron chi connectivity index (χ4n) is 3.69. The van der Waals surface area contributed by atoms with Gasteiger partial charge in [-0.05, 0) is 35.4 Å². The lowest BCUT2D eigenvalue weighted by molar-refractivity contribution is 0.0953. The SMILES string of the molecule is CNC(=O)c1nc2ccc(-n3ncc(C(=O)C4=Cc5ccccc5C4)c3N)cc2[nH]1. The number of Topliss-reactive ketones (excluding diaryl/α,β-unsaturated/α-hetero) is 1. The topological polar surface area (TPSA) is 119 Å². The number of nitrogens with one attached hydrogen (secondary N) is 2. The quantitative estimate of drug-likeness (QED) is 0.457. The number of hydrogen-bond acceptors (Lipinski definition) is 5. The van der Waals surface area contributed by atoms with Gasteiger partial charge in [-0.3, -0.25) is 9.59 Å². The molecule has 0 bridgehead atoms. The molecule has 0 unspecified atom stereocenters. The van der Waals surface area contributed by atoms with Crippen LogP contribution in [0.3, 0.4) is 0 Å². The molecule has 1 amide bonds. The lowest BCUT2D eigenvalue weighted by atomic mass is 10.0. The Labute approximate surface area is 171 Å². The van der Waals surface area contributed by atoms with Crippen LogP contribution < -0.4 is 11.1 Å². The molecular weight excluding hydrogens is 380 g/mol. The average molecular weight is 398 g/mol. The molecule has 8 heteroatoms. The maximum atomic E-state index is 13.0. The molecule has 148 valence electrons. The van der Waals surface area contributed by atoms with Crippen LogP contribution in [0.25, 0.3) is 22.8 Å². The van der Waals surface area contributed by atoms with Crippen molar-refractivity contribution >= 4 is 34.6 Å². The Kier molecular flexibility index (Phi) is 3.99. The molecule has 0 fully saturated rings. The van der Waals surface area contributed by atoms with E-state index in [2.05, 4.69) is 20.4 Å². The number of allylic oxidation sites excluding steroid dienone is 1. The monoisotopic (exact) mass is 398 g/mol. The molecule has 0 aliphatic heterocycles. The maximum Gasteiger partial charge on any atom is 0.286 e. The van der Waals surface area contributed by atoms with Crippen molar-refractivity contribution in [2.75, 3.05) is 12.8 Å². The summed E-state index contributed by atoms with van der Waals surface area (Å²) < 4.78 is 1.51. The highest BCUT2D eigenvalue weighted by atomic mass is 16.2. The number of aromatic amines is 1. The van der Waals surface area contributed by atoms with Gasteiger partial charge >= 0.3 is 0 Å². The van der Waals surface area contributed by atoms with E-state index in [-0.39, 0.29) is 23.3 Å². The van der Waals surface area contributed by atoms with Crippen LogP contribution in [0.4, 0.5) is 5.82 Å². The van der Waals surface area contributed by atoms with E-state index in [0.717, 1.165) is 11.1 Å². The number of ketones is 1. The number of carbonyl (C=O) groups excluding carboxylic acids is 2. The number of carbonyl (C=O) groups is 2. The van der Waals surface area contributed by atoms with E-state index in [1.807, 2.05) is 30.3 Å². The molecule has 0 saturated heterocycles. The molecule has 2 aromatic carbocycles. The fraction of sp³-hybridized carbons (Fsp3) is 0.0909. The summed E-state index contributed by atoms with van der Waals surface area (Å²) in [5.74, 6) is 0.0634. The van der Waals surface area contributed by atoms with Crippen LogP contribution in [0.2, 0.25) is 0 Å². The number of anilines is 1. The van der Waals surface area contributed by atoms with E-state index in [1.54, 1.807) is 25.2 Å². The summed E-state index contributed by atoms with van der Waals surface area (Å²) in [5.41, 5.74) is 11.5. The molecule has 4 N–H and O–H groups in total. The summed E-state index contributed by atoms with van der Waals surface area (Å²) in [4.78, 5) is 32.1. The first-order valence-electron chi connectivity index (χ1n) is 9.44. The largest absolute Gasteiger partial charge is 0.383 e. The van der Waals surface area contributed by atoms with Gasteiger partial charge in [-0.2, -0.15) is 5.10 Å². The van der Waals surface area contributed by atoms with E-state index in [4.69, 9.17) is 5.73 Å². The van der Waals surface area contributed by atoms with Crippen LogP contribution >= 0.6 is 0 Å². The van der Waals surface area contributed by atoms with Gasteiger partial charge in [-0.15, -0.1) is 0 Å². The second kappa shape index (κ2) is 6.70. The van der Waals surface area contributed by atoms with Crippen molar-refractivity contribution < 1.29 is 9.59 Å². The van der Waals surface area contributed by atoms with Crippen LogP contribution in [0, 0.1) is 0 Å². The lowest BCUT2D eigenvalue weighted by Gasteiger charge is -2.05. The predicted octanol–water partition coefficient (Wildman–Crippen LogP) is 2.51. The molecule has 0 spiro atoms. The molecule has 2 heterocycles. The molecule has 5 rings (SSSR count). The predicted molar refractivity (Wildman–Crippen MR) is 113 cm³/mol. The van der Waals surface area contributed by atoms with E-state index in [0.29, 0.717) is 34.3 Å². The Morgan fingerprint density at radius 2 is 2.03 bits per heavy atom. The van der Waals surface area contributed by atoms with E-state index in [1.165, 1.54) is 10.9 Å². The van der Waals surface area contributed by atoms with Crippen LogP contribution in [-0.4, -0.2) is 38.5 Å². The van der Waals surface area contributed by atoms with Gasteiger partial charge in [0.15, 0.2) is 11.6 Å². The number of rotatable bonds is 4. The Hall–Kier alpha value is -4.20. The number of nitrogens with zero attached hydrogens (tertiary/aromatic N) is 3. The minimum Gasteiger partial charge on any atom is -0.383 e. The molecule has 8 nitrogen and oxygen atoms in total. The third-order valence-corrected chi connectivity index (χ3v) is 5.26. The van der Waals surface area contributed by atoms with Gasteiger partial charge in [-0.25, -0.2) is 9.67 Å². The number of imidazole rings is 1. The smallest absolute Gasteiger partial charge is 0.286 e. The van der Waals surface area contributed by atoms with Gasteiger partial charge in [0.1, 0.15) is 5.82 Å². The highest BCUT2D eigenvalue weighted by Gasteiger charge is 2.24. The first kappa shape index (κ1) is 17.9. The minimum atomic E-state index is -0.301. The highest BCUT2D eigenvalue weighted by molar-refractivity contribution is 6.15. The molecule has 4 aromatic rings. The molecule has 2 aromatic heterocycles. The zero-order valence-electron chi connectivity index (χ0n) is 16.1. The first-order chi connectivity index (χ1) is 14.5. The van der Waals surface area contributed by atoms with Crippen molar-refractivity contribution in [2.24, 2.45) is 0 Å². The standard InChI is InChI=1S/C22H18N6O2/c1-24-22(30)21-26-17-7-6-15(10-18(17)27-21)28-20(23)16(11-25-28)19(29)14-8-12-4-2-3-5-13(12)9-14/h2-8,10-11H,9,23H2,1H3,(H,24,30)(H,26,27). The summed E-state index contributed by atoms with van der Waals surface area (Å²) in [7, 11) is 1.54. The van der Waals surface area contributed by atoms with Crippen molar-refractivity contribution in [2.45, 2.75) is 6.42 Å². The highest BCUT2D eigenvalue weighted by Crippen LogP contribution is 2.29. The molecule has 1 aliphatic rings. The maximum absolute atomic E-state index is 13.0. The summed E-state index contributed by atoms with van der Waals surface area (Å²) in [5, 5.41) is 6.86. The molecule has 0 saturated carbocycles. The fourth-order valence-corrected chi connectivity index (χ4v) is 3.69. The van der Waals surface area contributed by atoms with Crippen molar-refractivity contribution in [3.8, 4) is 5.69 Å². The lowest BCUT2D eigenvalue weighted by Crippen LogP contribution is -2.19. The first-order valence-corrected chi connectivity index (χ1v) is 9.44. The minimum absolute atomic E-state index is 0.125. The summed E-state index contributed by atoms with van der Waals surface area (Å²) >= 11 is 0. The number of aromatic nitrogens is 4. The van der Waals surface area contributed by atoms with Crippen molar-refractivity contribution in [3.05, 3.63) is 76.7 Å². The van der Waals surface area contributed by atoms with Crippen LogP contribution in [-0.2, 0) is 6.42 Å². The van der Waals surface area contributed by atoms with E-state index in [9.17, 15) is 9.59 Å². The molecular formula is C22H18N6O2. The van der Waals surface area contributed by atoms with E-state index >= 15 is 0 Å². The average Bonchev–Trinajstić information content (AvgIpc) is 3.48. The van der Waals surface area contributed by atoms with E-state index < -0.39 is 0 Å². The zero-order valence-corrected chi connectivity index (χ0v) is 16.1. The van der Waals surface area contributed by atoms with Gasteiger partial charge in [0, 0.05) is 19.0 Å². The van der Waals surface area contributed by atoms with Gasteiger partial charge < -0.3 is 16.0 Å². The normalized spacial score (nSPS) is 12.6. The Morgan fingerprint density at radius 1 is 1.20 bits per heavy atom. The number of hydrogen-bond donors (Lipinski definition) is 3. The number of benzene rings is 2. The van der Waals surface area contributed by atoms with Crippen LogP contribution in [0.15, 0.2) is 54.2 Å². The van der Waals surface area contributed by atoms with Crippen LogP contribution in [0.5, 0.6) is 0 Å². The zero-order chi connectivity index (χ0) is 20.8. The Balaban J connectivity index is 1.48. The van der Waals surface area contributed by atoms with Gasteiger partial charge in [0.2, 0.25) is 0 Å². The second-order valence-corrected chi connectivity index (χ2v) is 7.10. The number of nitrogens with two attached hydrogens (primary N) is 1. The third kappa shape index (κ3) is 2.77. The van der Waals surface area contributed by atoms with Gasteiger partial charge in [-0.1, -0.05) is 24.3 Å². The molecule has 0 atom stereocenters. The number of fused-ring (bicyclic) bond motifs is 2. The number of amides is 1. The van der Waals surface area contributed by atoms with Gasteiger partial charge in [0.25, 0.3) is 5.91 Å². The molecule has 30 heavy (non-hydrogen) atoms. The van der Waals surface area contributed by atoms with Gasteiger partial charge in [0.05, 0.1) is 28.5 Å². The van der Waals surface area contributed by atoms with Crippen molar-refractivity contribution in [3.63, 3.8) is 0 Å². The third-order valence-electron chi connectivity index (χ3n) is 5.26. The number of H-pyrrole nitrogens is 1. The summed E-state index contributed by atoms with van der Waals surface area (Å²) in [6.07, 6.45) is 3.99. The second-order valence-electron chi connectivity index (χ2n) is 7.10. The number of nitrogen functional groups attached to an aromatic ring is 1. The van der Waals surface area contributed by atoms with Crippen LogP contribution in [0.1, 0.15) is 32.1 Å². The van der Waals surface area contributed by atoms with Crippen molar-refractivity contribution in [1.82, 2.24) is 25.1 Å². The Bertz CT molecular complexity index is 1360. The summed E-state index contributed by atoms with van der Waals surface area (Å²) in [6, 6.07) is 13.3. The molecule has 1 aliphatic carbocycles. The summed E-state index contributed by atoms with van der Waals surface area (Å²) in [6.45, 7) is 0.